The van der Waals surface area contributed by atoms with E-state index in [-0.39, 0.29) is 11.8 Å². The van der Waals surface area contributed by atoms with Gasteiger partial charge in [-0.1, -0.05) is 36.4 Å². The Morgan fingerprint density at radius 1 is 1.20 bits per heavy atom. The van der Waals surface area contributed by atoms with E-state index in [9.17, 15) is 4.79 Å². The van der Waals surface area contributed by atoms with Crippen molar-refractivity contribution < 1.29 is 4.79 Å². The van der Waals surface area contributed by atoms with E-state index in [0.29, 0.717) is 11.2 Å². The normalized spacial score (nSPS) is 19.5. The molecule has 2 heterocycles. The first-order valence-electron chi connectivity index (χ1n) is 6.18. The highest BCUT2D eigenvalue weighted by Crippen LogP contribution is 2.21. The first-order valence-corrected chi connectivity index (χ1v) is 6.18. The van der Waals surface area contributed by atoms with Crippen LogP contribution in [0.15, 0.2) is 47.5 Å². The number of rotatable bonds is 1. The molecule has 0 bridgehead atoms. The van der Waals surface area contributed by atoms with E-state index in [1.807, 2.05) is 42.5 Å². The second-order valence-electron chi connectivity index (χ2n) is 4.59. The number of hydrogen-bond acceptors (Lipinski definition) is 4. The minimum atomic E-state index is -0.261. The number of hydrogen-bond donors (Lipinski definition) is 1. The van der Waals surface area contributed by atoms with E-state index in [4.69, 9.17) is 0 Å². The van der Waals surface area contributed by atoms with Gasteiger partial charge in [0.15, 0.2) is 0 Å². The molecular weight excluding hydrogens is 254 g/mol. The van der Waals surface area contributed by atoms with Crippen molar-refractivity contribution in [2.75, 3.05) is 0 Å². The molecule has 1 aromatic heterocycles. The lowest BCUT2D eigenvalue weighted by atomic mass is 9.89. The number of carbonyl (C=O) groups excluding carboxylic acids is 1. The number of nitrogens with zero attached hydrogens (tertiary/aromatic N) is 4. The van der Waals surface area contributed by atoms with Gasteiger partial charge in [-0.15, -0.1) is 10.2 Å². The molecule has 1 aliphatic heterocycles. The summed E-state index contributed by atoms with van der Waals surface area (Å²) in [6, 6.07) is 5.67. The smallest absolute Gasteiger partial charge is 0.257 e. The van der Waals surface area contributed by atoms with Gasteiger partial charge >= 0.3 is 0 Å². The summed E-state index contributed by atoms with van der Waals surface area (Å²) in [7, 11) is 0. The van der Waals surface area contributed by atoms with Crippen LogP contribution in [0.1, 0.15) is 0 Å². The SMILES string of the molecule is O=C1N=c2cc(-c3nn[nH]n3)ccc2=C2C=CC=CC12. The molecule has 0 fully saturated rings. The Morgan fingerprint density at radius 2 is 2.15 bits per heavy atom. The fourth-order valence-corrected chi connectivity index (χ4v) is 2.49. The largest absolute Gasteiger partial charge is 0.272 e. The van der Waals surface area contributed by atoms with Crippen LogP contribution in [0.3, 0.4) is 0 Å². The Bertz CT molecular complexity index is 877. The minimum absolute atomic E-state index is 0.140. The van der Waals surface area contributed by atoms with Crippen molar-refractivity contribution in [1.82, 2.24) is 20.6 Å². The third-order valence-corrected chi connectivity index (χ3v) is 3.43. The molecule has 1 amide bonds. The molecule has 20 heavy (non-hydrogen) atoms. The molecule has 0 spiro atoms. The van der Waals surface area contributed by atoms with Crippen molar-refractivity contribution in [3.05, 3.63) is 53.1 Å². The van der Waals surface area contributed by atoms with Crippen molar-refractivity contribution in [3.8, 4) is 11.4 Å². The Morgan fingerprint density at radius 3 is 3.00 bits per heavy atom. The molecule has 0 radical (unpaired) electrons. The summed E-state index contributed by atoms with van der Waals surface area (Å²) in [5, 5.41) is 15.4. The minimum Gasteiger partial charge on any atom is -0.272 e. The van der Waals surface area contributed by atoms with Crippen LogP contribution in [-0.2, 0) is 4.79 Å². The van der Waals surface area contributed by atoms with Crippen LogP contribution in [0.2, 0.25) is 0 Å². The van der Waals surface area contributed by atoms with E-state index in [0.717, 1.165) is 16.4 Å². The summed E-state index contributed by atoms with van der Waals surface area (Å²) in [5.74, 6) is 0.0866. The van der Waals surface area contributed by atoms with Crippen LogP contribution >= 0.6 is 0 Å². The second-order valence-corrected chi connectivity index (χ2v) is 4.59. The molecule has 1 aromatic carbocycles. The number of benzene rings is 1. The van der Waals surface area contributed by atoms with E-state index in [2.05, 4.69) is 25.6 Å². The number of nitrogens with one attached hydrogen (secondary N) is 1. The number of carbonyl (C=O) groups is 1. The van der Waals surface area contributed by atoms with Crippen LogP contribution in [0.5, 0.6) is 0 Å². The number of fused-ring (bicyclic) bond motifs is 2. The van der Waals surface area contributed by atoms with Gasteiger partial charge in [-0.3, -0.25) is 4.79 Å². The zero-order valence-corrected chi connectivity index (χ0v) is 10.3. The van der Waals surface area contributed by atoms with Crippen LogP contribution in [0.25, 0.3) is 17.0 Å². The fraction of sp³-hybridized carbons (Fsp3) is 0.0714. The number of aromatic amines is 1. The molecule has 6 heteroatoms. The number of allylic oxidation sites excluding steroid dienone is 3. The first kappa shape index (κ1) is 11.0. The van der Waals surface area contributed by atoms with Gasteiger partial charge in [0, 0.05) is 10.8 Å². The molecule has 0 saturated carbocycles. The van der Waals surface area contributed by atoms with Crippen molar-refractivity contribution in [2.45, 2.75) is 0 Å². The maximum atomic E-state index is 12.1. The Kier molecular flexibility index (Phi) is 2.23. The Hall–Kier alpha value is -2.89. The summed E-state index contributed by atoms with van der Waals surface area (Å²) < 4.78 is 0. The number of aromatic nitrogens is 4. The highest BCUT2D eigenvalue weighted by atomic mass is 16.1. The standard InChI is InChI=1S/C14H9N5O/c20-14-11-4-2-1-3-9(11)10-6-5-8(7-12(10)15-14)13-16-18-19-17-13/h1-7,11H,(H,16,17,18,19). The average molecular weight is 263 g/mol. The van der Waals surface area contributed by atoms with Crippen molar-refractivity contribution in [1.29, 1.82) is 0 Å². The number of amides is 1. The van der Waals surface area contributed by atoms with Crippen molar-refractivity contribution >= 4 is 11.5 Å². The van der Waals surface area contributed by atoms with Gasteiger partial charge in [0.1, 0.15) is 0 Å². The lowest BCUT2D eigenvalue weighted by Crippen LogP contribution is -2.37. The topological polar surface area (TPSA) is 83.9 Å². The molecule has 4 rings (SSSR count). The van der Waals surface area contributed by atoms with Gasteiger partial charge in [-0.2, -0.15) is 5.21 Å². The highest BCUT2D eigenvalue weighted by Gasteiger charge is 2.23. The number of tetrazole rings is 1. The monoisotopic (exact) mass is 263 g/mol. The summed E-state index contributed by atoms with van der Waals surface area (Å²) in [5.41, 5.74) is 1.77. The second kappa shape index (κ2) is 4.06. The highest BCUT2D eigenvalue weighted by molar-refractivity contribution is 5.94. The van der Waals surface area contributed by atoms with Gasteiger partial charge in [0.25, 0.3) is 5.91 Å². The number of H-pyrrole nitrogens is 1. The third kappa shape index (κ3) is 1.55. The lowest BCUT2D eigenvalue weighted by Gasteiger charge is -2.17. The molecule has 1 aliphatic carbocycles. The predicted molar refractivity (Wildman–Crippen MR) is 70.6 cm³/mol. The zero-order valence-electron chi connectivity index (χ0n) is 10.3. The van der Waals surface area contributed by atoms with Crippen molar-refractivity contribution in [3.63, 3.8) is 0 Å². The van der Waals surface area contributed by atoms with E-state index in [1.165, 1.54) is 0 Å². The quantitative estimate of drug-likeness (QED) is 0.780. The third-order valence-electron chi connectivity index (χ3n) is 3.43. The molecule has 2 aromatic rings. The van der Waals surface area contributed by atoms with Gasteiger partial charge in [0.2, 0.25) is 5.82 Å². The molecule has 96 valence electrons. The van der Waals surface area contributed by atoms with E-state index in [1.54, 1.807) is 0 Å². The summed E-state index contributed by atoms with van der Waals surface area (Å²) in [4.78, 5) is 16.2. The summed E-state index contributed by atoms with van der Waals surface area (Å²) >= 11 is 0. The van der Waals surface area contributed by atoms with Gasteiger partial charge in [0.05, 0.1) is 11.3 Å². The molecule has 0 saturated heterocycles. The first-order chi connectivity index (χ1) is 9.83. The molecule has 1 N–H and O–H groups in total. The fourth-order valence-electron chi connectivity index (χ4n) is 2.49. The molecule has 1 atom stereocenters. The molecule has 2 aliphatic rings. The molecule has 6 nitrogen and oxygen atoms in total. The summed E-state index contributed by atoms with van der Waals surface area (Å²) in [6.45, 7) is 0. The van der Waals surface area contributed by atoms with Crippen LogP contribution in [-0.4, -0.2) is 26.5 Å². The Balaban J connectivity index is 2.00. The lowest BCUT2D eigenvalue weighted by molar-refractivity contribution is -0.119. The summed E-state index contributed by atoms with van der Waals surface area (Å²) in [6.07, 6.45) is 7.64. The van der Waals surface area contributed by atoms with Crippen LogP contribution in [0, 0.1) is 5.92 Å². The average Bonchev–Trinajstić information content (AvgIpc) is 3.01. The van der Waals surface area contributed by atoms with Gasteiger partial charge in [-0.25, -0.2) is 4.99 Å². The predicted octanol–water partition coefficient (Wildman–Crippen LogP) is -0.0806. The van der Waals surface area contributed by atoms with E-state index >= 15 is 0 Å². The van der Waals surface area contributed by atoms with Crippen molar-refractivity contribution in [2.24, 2.45) is 10.9 Å². The maximum absolute atomic E-state index is 12.1. The molecular formula is C14H9N5O. The van der Waals surface area contributed by atoms with E-state index < -0.39 is 0 Å². The zero-order chi connectivity index (χ0) is 13.5. The van der Waals surface area contributed by atoms with Gasteiger partial charge in [-0.05, 0) is 16.9 Å². The molecule has 1 unspecified atom stereocenters. The van der Waals surface area contributed by atoms with Gasteiger partial charge < -0.3 is 0 Å². The maximum Gasteiger partial charge on any atom is 0.257 e. The van der Waals surface area contributed by atoms with Crippen LogP contribution < -0.4 is 10.6 Å². The van der Waals surface area contributed by atoms with Crippen LogP contribution in [0.4, 0.5) is 0 Å². The Labute approximate surface area is 113 Å².